The van der Waals surface area contributed by atoms with Crippen molar-refractivity contribution in [1.29, 1.82) is 0 Å². The maximum Gasteiger partial charge on any atom is 0.253 e. The first kappa shape index (κ1) is 20.7. The lowest BCUT2D eigenvalue weighted by atomic mass is 9.85. The molecule has 2 aliphatic carbocycles. The third-order valence-corrected chi connectivity index (χ3v) is 6.01. The van der Waals surface area contributed by atoms with Crippen molar-refractivity contribution in [2.45, 2.75) is 57.9 Å². The molecule has 2 atom stereocenters. The van der Waals surface area contributed by atoms with Gasteiger partial charge in [0.2, 0.25) is 0 Å². The van der Waals surface area contributed by atoms with Gasteiger partial charge in [-0.05, 0) is 49.3 Å². The molecule has 2 aliphatic rings. The molecular formula is C23H36N4O. The number of hydrogen-bond donors (Lipinski definition) is 2. The van der Waals surface area contributed by atoms with Gasteiger partial charge in [0, 0.05) is 38.8 Å². The van der Waals surface area contributed by atoms with Gasteiger partial charge in [-0.15, -0.1) is 0 Å². The highest BCUT2D eigenvalue weighted by molar-refractivity contribution is 5.94. The molecule has 1 amide bonds. The van der Waals surface area contributed by atoms with Crippen molar-refractivity contribution in [3.05, 3.63) is 35.4 Å². The smallest absolute Gasteiger partial charge is 0.253 e. The molecule has 3 rings (SSSR count). The fourth-order valence-electron chi connectivity index (χ4n) is 4.37. The summed E-state index contributed by atoms with van der Waals surface area (Å²) in [5.74, 6) is 2.75. The first-order chi connectivity index (χ1) is 13.6. The fraction of sp³-hybridized carbons (Fsp3) is 0.652. The Morgan fingerprint density at radius 1 is 1.21 bits per heavy atom. The fourth-order valence-corrected chi connectivity index (χ4v) is 4.37. The molecule has 0 aliphatic heterocycles. The summed E-state index contributed by atoms with van der Waals surface area (Å²) < 4.78 is 0. The van der Waals surface area contributed by atoms with Crippen molar-refractivity contribution in [2.75, 3.05) is 27.2 Å². The zero-order chi connectivity index (χ0) is 19.9. The van der Waals surface area contributed by atoms with E-state index in [4.69, 9.17) is 4.99 Å². The predicted molar refractivity (Wildman–Crippen MR) is 116 cm³/mol. The van der Waals surface area contributed by atoms with Gasteiger partial charge < -0.3 is 15.5 Å². The second kappa shape index (κ2) is 9.94. The van der Waals surface area contributed by atoms with Crippen LogP contribution in [-0.2, 0) is 6.42 Å². The summed E-state index contributed by atoms with van der Waals surface area (Å²) in [7, 11) is 3.57. The number of hydrogen-bond acceptors (Lipinski definition) is 2. The van der Waals surface area contributed by atoms with E-state index in [1.807, 2.05) is 18.2 Å². The molecule has 0 heterocycles. The Balaban J connectivity index is 1.51. The largest absolute Gasteiger partial charge is 0.357 e. The van der Waals surface area contributed by atoms with Gasteiger partial charge in [-0.1, -0.05) is 44.2 Å². The molecule has 2 saturated carbocycles. The number of benzene rings is 1. The Labute approximate surface area is 170 Å². The summed E-state index contributed by atoms with van der Waals surface area (Å²) in [6.45, 7) is 3.70. The first-order valence-electron chi connectivity index (χ1n) is 10.9. The molecule has 5 heteroatoms. The summed E-state index contributed by atoms with van der Waals surface area (Å²) in [4.78, 5) is 18.5. The van der Waals surface area contributed by atoms with Gasteiger partial charge in [0.05, 0.1) is 0 Å². The van der Waals surface area contributed by atoms with Gasteiger partial charge in [-0.25, -0.2) is 0 Å². The van der Waals surface area contributed by atoms with Crippen LogP contribution in [0.2, 0.25) is 0 Å². The van der Waals surface area contributed by atoms with Gasteiger partial charge >= 0.3 is 0 Å². The summed E-state index contributed by atoms with van der Waals surface area (Å²) in [6, 6.07) is 8.49. The quantitative estimate of drug-likeness (QED) is 0.559. The van der Waals surface area contributed by atoms with Crippen LogP contribution in [0.5, 0.6) is 0 Å². The molecule has 0 spiro atoms. The molecular weight excluding hydrogens is 348 g/mol. The van der Waals surface area contributed by atoms with Crippen molar-refractivity contribution >= 4 is 11.9 Å². The third kappa shape index (κ3) is 5.73. The van der Waals surface area contributed by atoms with Crippen LogP contribution < -0.4 is 10.6 Å². The van der Waals surface area contributed by atoms with Crippen molar-refractivity contribution in [3.63, 3.8) is 0 Å². The molecule has 0 aromatic heterocycles. The predicted octanol–water partition coefficient (Wildman–Crippen LogP) is 3.45. The highest BCUT2D eigenvalue weighted by atomic mass is 16.2. The zero-order valence-electron chi connectivity index (χ0n) is 17.7. The number of carbonyl (C=O) groups is 1. The second-order valence-electron chi connectivity index (χ2n) is 8.46. The van der Waals surface area contributed by atoms with E-state index >= 15 is 0 Å². The van der Waals surface area contributed by atoms with Crippen LogP contribution in [-0.4, -0.2) is 50.0 Å². The summed E-state index contributed by atoms with van der Waals surface area (Å²) in [6.07, 6.45) is 9.21. The van der Waals surface area contributed by atoms with E-state index in [0.29, 0.717) is 6.04 Å². The molecule has 154 valence electrons. The van der Waals surface area contributed by atoms with Gasteiger partial charge in [0.1, 0.15) is 0 Å². The van der Waals surface area contributed by atoms with Gasteiger partial charge in [0.15, 0.2) is 5.96 Å². The van der Waals surface area contributed by atoms with Crippen LogP contribution in [0.3, 0.4) is 0 Å². The van der Waals surface area contributed by atoms with E-state index < -0.39 is 0 Å². The summed E-state index contributed by atoms with van der Waals surface area (Å²) in [5.41, 5.74) is 1.89. The number of carbonyl (C=O) groups excluding carboxylic acids is 1. The standard InChI is InChI=1S/C23H36N4O/c1-4-24-23(26-21-16-20(21)18-10-6-5-7-11-18)25-14-13-17-9-8-12-19(15-17)22(28)27(2)3/h8-9,12,15,18,20-21H,4-7,10-11,13-14,16H2,1-3H3,(H2,24,25,26). The maximum atomic E-state index is 12.1. The SMILES string of the molecule is CCNC(=NCCc1cccc(C(=O)N(C)C)c1)NC1CC1C1CCCCC1. The van der Waals surface area contributed by atoms with Crippen LogP contribution >= 0.6 is 0 Å². The number of nitrogens with zero attached hydrogens (tertiary/aromatic N) is 2. The lowest BCUT2D eigenvalue weighted by Crippen LogP contribution is -2.39. The van der Waals surface area contributed by atoms with Gasteiger partial charge in [-0.3, -0.25) is 9.79 Å². The molecule has 5 nitrogen and oxygen atoms in total. The zero-order valence-corrected chi connectivity index (χ0v) is 17.7. The monoisotopic (exact) mass is 384 g/mol. The highest BCUT2D eigenvalue weighted by Crippen LogP contribution is 2.44. The molecule has 1 aromatic rings. The van der Waals surface area contributed by atoms with Crippen LogP contribution in [0, 0.1) is 11.8 Å². The molecule has 2 unspecified atom stereocenters. The lowest BCUT2D eigenvalue weighted by Gasteiger charge is -2.22. The van der Waals surface area contributed by atoms with E-state index in [2.05, 4.69) is 23.6 Å². The number of amides is 1. The second-order valence-corrected chi connectivity index (χ2v) is 8.46. The van der Waals surface area contributed by atoms with Crippen molar-refractivity contribution in [2.24, 2.45) is 16.8 Å². The average Bonchev–Trinajstić information content (AvgIpc) is 3.47. The highest BCUT2D eigenvalue weighted by Gasteiger charge is 2.43. The van der Waals surface area contributed by atoms with Gasteiger partial charge in [-0.2, -0.15) is 0 Å². The molecule has 1 aromatic carbocycles. The van der Waals surface area contributed by atoms with Crippen LogP contribution in [0.4, 0.5) is 0 Å². The Kier molecular flexibility index (Phi) is 7.35. The van der Waals surface area contributed by atoms with Crippen LogP contribution in [0.25, 0.3) is 0 Å². The number of guanidine groups is 1. The Morgan fingerprint density at radius 2 is 2.00 bits per heavy atom. The third-order valence-electron chi connectivity index (χ3n) is 6.01. The van der Waals surface area contributed by atoms with Crippen LogP contribution in [0.15, 0.2) is 29.3 Å². The average molecular weight is 385 g/mol. The van der Waals surface area contributed by atoms with Gasteiger partial charge in [0.25, 0.3) is 5.91 Å². The molecule has 28 heavy (non-hydrogen) atoms. The number of rotatable bonds is 7. The number of aliphatic imine (C=N–C) groups is 1. The van der Waals surface area contributed by atoms with E-state index in [-0.39, 0.29) is 5.91 Å². The minimum absolute atomic E-state index is 0.0443. The Hall–Kier alpha value is -2.04. The molecule has 0 saturated heterocycles. The first-order valence-corrected chi connectivity index (χ1v) is 10.9. The molecule has 0 bridgehead atoms. The number of nitrogens with one attached hydrogen (secondary N) is 2. The minimum atomic E-state index is 0.0443. The van der Waals surface area contributed by atoms with Crippen molar-refractivity contribution in [1.82, 2.24) is 15.5 Å². The van der Waals surface area contributed by atoms with E-state index in [1.165, 1.54) is 38.5 Å². The summed E-state index contributed by atoms with van der Waals surface area (Å²) >= 11 is 0. The van der Waals surface area contributed by atoms with Crippen molar-refractivity contribution < 1.29 is 4.79 Å². The lowest BCUT2D eigenvalue weighted by molar-refractivity contribution is 0.0827. The molecule has 0 radical (unpaired) electrons. The minimum Gasteiger partial charge on any atom is -0.357 e. The normalized spacial score (nSPS) is 22.6. The maximum absolute atomic E-state index is 12.1. The van der Waals surface area contributed by atoms with E-state index in [0.717, 1.165) is 48.4 Å². The van der Waals surface area contributed by atoms with Crippen molar-refractivity contribution in [3.8, 4) is 0 Å². The van der Waals surface area contributed by atoms with Crippen LogP contribution in [0.1, 0.15) is 61.4 Å². The molecule has 2 fully saturated rings. The summed E-state index contributed by atoms with van der Waals surface area (Å²) in [5, 5.41) is 7.03. The van der Waals surface area contributed by atoms with E-state index in [9.17, 15) is 4.79 Å². The Bertz CT molecular complexity index is 679. The van der Waals surface area contributed by atoms with E-state index in [1.54, 1.807) is 19.0 Å². The topological polar surface area (TPSA) is 56.7 Å². The Morgan fingerprint density at radius 3 is 2.71 bits per heavy atom. The molecule has 2 N–H and O–H groups in total.